The molecule has 1 heterocycles. The Balaban J connectivity index is 2.32. The topological polar surface area (TPSA) is 29.3 Å². The third-order valence-corrected chi connectivity index (χ3v) is 4.26. The van der Waals surface area contributed by atoms with Gasteiger partial charge < -0.3 is 10.6 Å². The highest BCUT2D eigenvalue weighted by Gasteiger charge is 2.29. The van der Waals surface area contributed by atoms with Crippen LogP contribution in [0.15, 0.2) is 0 Å². The van der Waals surface area contributed by atoms with E-state index >= 15 is 0 Å². The molecule has 0 amide bonds. The number of hydrogen-bond donors (Lipinski definition) is 1. The van der Waals surface area contributed by atoms with E-state index in [1.54, 1.807) is 0 Å². The zero-order valence-corrected chi connectivity index (χ0v) is 11.8. The van der Waals surface area contributed by atoms with E-state index < -0.39 is 0 Å². The van der Waals surface area contributed by atoms with Gasteiger partial charge in [-0.25, -0.2) is 0 Å². The van der Waals surface area contributed by atoms with Gasteiger partial charge in [0.1, 0.15) is 0 Å². The van der Waals surface area contributed by atoms with Crippen molar-refractivity contribution in [1.82, 2.24) is 4.90 Å². The van der Waals surface area contributed by atoms with E-state index in [0.29, 0.717) is 17.4 Å². The molecule has 96 valence electrons. The molecule has 16 heavy (non-hydrogen) atoms. The molecule has 0 aliphatic carbocycles. The van der Waals surface area contributed by atoms with Crippen LogP contribution in [-0.4, -0.2) is 30.6 Å². The smallest absolute Gasteiger partial charge is 0.00483 e. The summed E-state index contributed by atoms with van der Waals surface area (Å²) >= 11 is 0. The van der Waals surface area contributed by atoms with Crippen LogP contribution in [0, 0.1) is 17.3 Å². The Hall–Kier alpha value is -0.0800. The molecule has 2 N–H and O–H groups in total. The van der Waals surface area contributed by atoms with Crippen LogP contribution in [0.25, 0.3) is 0 Å². The van der Waals surface area contributed by atoms with Gasteiger partial charge >= 0.3 is 0 Å². The first-order valence-electron chi connectivity index (χ1n) is 6.78. The molecule has 0 bridgehead atoms. The van der Waals surface area contributed by atoms with E-state index in [1.165, 1.54) is 32.5 Å². The maximum atomic E-state index is 5.92. The van der Waals surface area contributed by atoms with Crippen molar-refractivity contribution in [3.05, 3.63) is 0 Å². The van der Waals surface area contributed by atoms with Crippen molar-refractivity contribution in [2.75, 3.05) is 19.6 Å². The highest BCUT2D eigenvalue weighted by molar-refractivity contribution is 4.81. The molecule has 0 aromatic carbocycles. The minimum Gasteiger partial charge on any atom is -0.328 e. The molecule has 1 aliphatic heterocycles. The number of hydrogen-bond acceptors (Lipinski definition) is 2. The molecule has 1 fully saturated rings. The fraction of sp³-hybridized carbons (Fsp3) is 1.00. The van der Waals surface area contributed by atoms with Crippen molar-refractivity contribution in [3.8, 4) is 0 Å². The van der Waals surface area contributed by atoms with Crippen LogP contribution >= 0.6 is 0 Å². The lowest BCUT2D eigenvalue weighted by Crippen LogP contribution is -2.42. The van der Waals surface area contributed by atoms with Crippen LogP contribution in [0.3, 0.4) is 0 Å². The van der Waals surface area contributed by atoms with Gasteiger partial charge in [0.15, 0.2) is 0 Å². The molecular formula is C14H30N2. The Kier molecular flexibility index (Phi) is 4.81. The van der Waals surface area contributed by atoms with Crippen LogP contribution in [0.1, 0.15) is 47.5 Å². The van der Waals surface area contributed by atoms with Crippen molar-refractivity contribution in [3.63, 3.8) is 0 Å². The van der Waals surface area contributed by atoms with E-state index in [0.717, 1.165) is 5.92 Å². The predicted octanol–water partition coefficient (Wildman–Crippen LogP) is 2.73. The van der Waals surface area contributed by atoms with E-state index in [2.05, 4.69) is 39.5 Å². The fourth-order valence-electron chi connectivity index (χ4n) is 2.56. The van der Waals surface area contributed by atoms with Crippen molar-refractivity contribution >= 4 is 0 Å². The van der Waals surface area contributed by atoms with E-state index in [9.17, 15) is 0 Å². The lowest BCUT2D eigenvalue weighted by atomic mass is 9.75. The van der Waals surface area contributed by atoms with E-state index in [-0.39, 0.29) is 0 Å². The molecule has 0 aromatic heterocycles. The summed E-state index contributed by atoms with van der Waals surface area (Å²) in [4.78, 5) is 2.59. The largest absolute Gasteiger partial charge is 0.328 e. The molecule has 1 saturated heterocycles. The van der Waals surface area contributed by atoms with Crippen LogP contribution in [0.4, 0.5) is 0 Å². The van der Waals surface area contributed by atoms with Crippen molar-refractivity contribution in [2.45, 2.75) is 53.5 Å². The molecule has 0 aromatic rings. The van der Waals surface area contributed by atoms with Gasteiger partial charge in [0.05, 0.1) is 0 Å². The van der Waals surface area contributed by atoms with Gasteiger partial charge in [-0.15, -0.1) is 0 Å². The summed E-state index contributed by atoms with van der Waals surface area (Å²) in [5, 5.41) is 0. The summed E-state index contributed by atoms with van der Waals surface area (Å²) < 4.78 is 0. The molecule has 0 spiro atoms. The van der Waals surface area contributed by atoms with Crippen LogP contribution in [0.5, 0.6) is 0 Å². The van der Waals surface area contributed by atoms with Gasteiger partial charge in [0.2, 0.25) is 0 Å². The summed E-state index contributed by atoms with van der Waals surface area (Å²) in [5.41, 5.74) is 6.41. The summed E-state index contributed by atoms with van der Waals surface area (Å²) in [5.74, 6) is 1.51. The first-order valence-corrected chi connectivity index (χ1v) is 6.78. The number of rotatable bonds is 3. The molecule has 2 unspecified atom stereocenters. The van der Waals surface area contributed by atoms with Gasteiger partial charge in [-0.05, 0) is 50.1 Å². The Morgan fingerprint density at radius 1 is 1.19 bits per heavy atom. The SMILES string of the molecule is CC(N)C(C)CN1CCC(C(C)(C)C)CC1. The van der Waals surface area contributed by atoms with Crippen molar-refractivity contribution < 1.29 is 0 Å². The molecule has 0 saturated carbocycles. The van der Waals surface area contributed by atoms with Gasteiger partial charge in [0, 0.05) is 12.6 Å². The minimum atomic E-state index is 0.320. The van der Waals surface area contributed by atoms with Crippen LogP contribution in [-0.2, 0) is 0 Å². The second-order valence-corrected chi connectivity index (χ2v) is 6.78. The lowest BCUT2D eigenvalue weighted by Gasteiger charge is -2.39. The highest BCUT2D eigenvalue weighted by Crippen LogP contribution is 2.34. The average Bonchev–Trinajstić information content (AvgIpc) is 2.17. The Morgan fingerprint density at radius 2 is 1.69 bits per heavy atom. The minimum absolute atomic E-state index is 0.320. The third-order valence-electron chi connectivity index (χ3n) is 4.26. The van der Waals surface area contributed by atoms with Crippen LogP contribution < -0.4 is 5.73 Å². The number of piperidine rings is 1. The molecule has 1 aliphatic rings. The summed E-state index contributed by atoms with van der Waals surface area (Å²) in [6.07, 6.45) is 2.71. The van der Waals surface area contributed by atoms with Gasteiger partial charge in [-0.1, -0.05) is 27.7 Å². The van der Waals surface area contributed by atoms with Gasteiger partial charge in [-0.3, -0.25) is 0 Å². The summed E-state index contributed by atoms with van der Waals surface area (Å²) in [6, 6.07) is 0.320. The fourth-order valence-corrected chi connectivity index (χ4v) is 2.56. The Labute approximate surface area is 102 Å². The molecule has 2 nitrogen and oxygen atoms in total. The number of nitrogens with two attached hydrogens (primary N) is 1. The average molecular weight is 226 g/mol. The molecular weight excluding hydrogens is 196 g/mol. The zero-order valence-electron chi connectivity index (χ0n) is 11.8. The zero-order chi connectivity index (χ0) is 12.3. The molecule has 2 atom stereocenters. The van der Waals surface area contributed by atoms with Gasteiger partial charge in [0.25, 0.3) is 0 Å². The molecule has 2 heteroatoms. The Morgan fingerprint density at radius 3 is 2.06 bits per heavy atom. The standard InChI is InChI=1S/C14H30N2/c1-11(12(2)15)10-16-8-6-13(7-9-16)14(3,4)5/h11-13H,6-10,15H2,1-5H3. The highest BCUT2D eigenvalue weighted by atomic mass is 15.1. The monoisotopic (exact) mass is 226 g/mol. The van der Waals surface area contributed by atoms with Crippen LogP contribution in [0.2, 0.25) is 0 Å². The number of nitrogens with zero attached hydrogens (tertiary/aromatic N) is 1. The maximum Gasteiger partial charge on any atom is 0.00483 e. The second kappa shape index (κ2) is 5.50. The summed E-state index contributed by atoms with van der Waals surface area (Å²) in [6.45, 7) is 15.2. The normalized spacial score (nSPS) is 24.4. The Bertz CT molecular complexity index is 197. The first-order chi connectivity index (χ1) is 7.30. The number of likely N-dealkylation sites (tertiary alicyclic amines) is 1. The summed E-state index contributed by atoms with van der Waals surface area (Å²) in [7, 11) is 0. The third kappa shape index (κ3) is 4.06. The van der Waals surface area contributed by atoms with E-state index in [4.69, 9.17) is 5.73 Å². The van der Waals surface area contributed by atoms with Crippen molar-refractivity contribution in [2.24, 2.45) is 23.0 Å². The maximum absolute atomic E-state index is 5.92. The molecule has 0 radical (unpaired) electrons. The molecule has 1 rings (SSSR count). The predicted molar refractivity (Wildman–Crippen MR) is 71.4 cm³/mol. The van der Waals surface area contributed by atoms with Crippen molar-refractivity contribution in [1.29, 1.82) is 0 Å². The van der Waals surface area contributed by atoms with Gasteiger partial charge in [-0.2, -0.15) is 0 Å². The second-order valence-electron chi connectivity index (χ2n) is 6.78. The van der Waals surface area contributed by atoms with E-state index in [1.807, 2.05) is 0 Å². The first kappa shape index (κ1) is 14.0. The lowest BCUT2D eigenvalue weighted by molar-refractivity contribution is 0.100. The quantitative estimate of drug-likeness (QED) is 0.802.